The van der Waals surface area contributed by atoms with Gasteiger partial charge in [-0.3, -0.25) is 4.79 Å². The topological polar surface area (TPSA) is 84.9 Å². The minimum absolute atomic E-state index is 0.0582. The molecule has 1 atom stereocenters. The number of hydrogen-bond acceptors (Lipinski definition) is 5. The van der Waals surface area contributed by atoms with Crippen LogP contribution in [0.2, 0.25) is 0 Å². The zero-order chi connectivity index (χ0) is 16.4. The van der Waals surface area contributed by atoms with Crippen molar-refractivity contribution in [2.24, 2.45) is 0 Å². The average molecular weight is 340 g/mol. The highest BCUT2D eigenvalue weighted by Gasteiger charge is 2.28. The van der Waals surface area contributed by atoms with E-state index in [1.54, 1.807) is 17.9 Å². The predicted octanol–water partition coefficient (Wildman–Crippen LogP) is 0.747. The molecule has 8 heteroatoms. The van der Waals surface area contributed by atoms with E-state index in [2.05, 4.69) is 4.72 Å². The molecule has 1 N–H and O–H groups in total. The molecule has 23 heavy (non-hydrogen) atoms. The summed E-state index contributed by atoms with van der Waals surface area (Å²) in [5.41, 5.74) is 0. The zero-order valence-corrected chi connectivity index (χ0v) is 13.8. The molecule has 0 radical (unpaired) electrons. The second-order valence-corrected chi connectivity index (χ2v) is 7.39. The van der Waals surface area contributed by atoms with Crippen molar-refractivity contribution in [2.45, 2.75) is 30.7 Å². The number of nitrogens with zero attached hydrogens (tertiary/aromatic N) is 1. The monoisotopic (exact) mass is 340 g/mol. The van der Waals surface area contributed by atoms with Crippen molar-refractivity contribution in [1.29, 1.82) is 0 Å². The number of nitrogens with one attached hydrogen (secondary N) is 1. The standard InChI is InChI=1S/C15H20N2O5S/c1-11(15(18)17-6-2-3-7-17)16-23(19,20)12-4-5-13-14(10-12)22-9-8-21-13/h4-5,10-11,16H,2-3,6-9H2,1H3/t11-/m1/s1. The molecule has 126 valence electrons. The van der Waals surface area contributed by atoms with Gasteiger partial charge in [0.2, 0.25) is 15.9 Å². The Balaban J connectivity index is 1.74. The smallest absolute Gasteiger partial charge is 0.241 e. The lowest BCUT2D eigenvalue weighted by Crippen LogP contribution is -2.45. The number of hydrogen-bond donors (Lipinski definition) is 1. The Bertz CT molecular complexity index is 698. The molecule has 3 rings (SSSR count). The number of amides is 1. The Labute approximate surface area is 135 Å². The van der Waals surface area contributed by atoms with E-state index in [0.29, 0.717) is 37.8 Å². The van der Waals surface area contributed by atoms with Crippen LogP contribution in [0, 0.1) is 0 Å². The Morgan fingerprint density at radius 3 is 2.52 bits per heavy atom. The van der Waals surface area contributed by atoms with E-state index >= 15 is 0 Å². The Kier molecular flexibility index (Phi) is 4.45. The van der Waals surface area contributed by atoms with Gasteiger partial charge in [-0.1, -0.05) is 0 Å². The number of likely N-dealkylation sites (tertiary alicyclic amines) is 1. The van der Waals surface area contributed by atoms with Crippen LogP contribution in [0.15, 0.2) is 23.1 Å². The minimum atomic E-state index is -3.80. The molecule has 1 saturated heterocycles. The maximum Gasteiger partial charge on any atom is 0.241 e. The molecule has 2 heterocycles. The van der Waals surface area contributed by atoms with Crippen LogP contribution in [0.5, 0.6) is 11.5 Å². The van der Waals surface area contributed by atoms with E-state index in [1.165, 1.54) is 12.1 Å². The second kappa shape index (κ2) is 6.37. The molecule has 2 aliphatic rings. The van der Waals surface area contributed by atoms with Crippen LogP contribution in [-0.4, -0.2) is 51.6 Å². The predicted molar refractivity (Wildman–Crippen MR) is 83.0 cm³/mol. The first kappa shape index (κ1) is 16.1. The third kappa shape index (κ3) is 3.42. The summed E-state index contributed by atoms with van der Waals surface area (Å²) < 4.78 is 38.2. The van der Waals surface area contributed by atoms with Crippen LogP contribution < -0.4 is 14.2 Å². The summed E-state index contributed by atoms with van der Waals surface area (Å²) in [5, 5.41) is 0. The summed E-state index contributed by atoms with van der Waals surface area (Å²) in [5.74, 6) is 0.734. The lowest BCUT2D eigenvalue weighted by atomic mass is 10.3. The van der Waals surface area contributed by atoms with Gasteiger partial charge in [0.05, 0.1) is 10.9 Å². The highest BCUT2D eigenvalue weighted by molar-refractivity contribution is 7.89. The third-order valence-corrected chi connectivity index (χ3v) is 5.48. The van der Waals surface area contributed by atoms with E-state index in [9.17, 15) is 13.2 Å². The maximum atomic E-state index is 12.5. The van der Waals surface area contributed by atoms with Gasteiger partial charge in [0.15, 0.2) is 11.5 Å². The zero-order valence-electron chi connectivity index (χ0n) is 12.9. The summed E-state index contributed by atoms with van der Waals surface area (Å²) in [6.07, 6.45) is 1.93. The van der Waals surface area contributed by atoms with Gasteiger partial charge in [-0.15, -0.1) is 0 Å². The van der Waals surface area contributed by atoms with Crippen molar-refractivity contribution in [2.75, 3.05) is 26.3 Å². The number of benzene rings is 1. The molecule has 0 bridgehead atoms. The third-order valence-electron chi connectivity index (χ3n) is 3.94. The summed E-state index contributed by atoms with van der Waals surface area (Å²) in [6.45, 7) is 3.77. The number of carbonyl (C=O) groups excluding carboxylic acids is 1. The van der Waals surface area contributed by atoms with Crippen LogP contribution in [0.25, 0.3) is 0 Å². The number of ether oxygens (including phenoxy) is 2. The van der Waals surface area contributed by atoms with Gasteiger partial charge in [0.1, 0.15) is 13.2 Å². The van der Waals surface area contributed by atoms with Crippen molar-refractivity contribution in [3.05, 3.63) is 18.2 Å². The first-order chi connectivity index (χ1) is 11.0. The summed E-state index contributed by atoms with van der Waals surface area (Å²) >= 11 is 0. The normalized spacial score (nSPS) is 18.7. The van der Waals surface area contributed by atoms with E-state index < -0.39 is 16.1 Å². The molecule has 0 unspecified atom stereocenters. The highest BCUT2D eigenvalue weighted by Crippen LogP contribution is 2.32. The van der Waals surface area contributed by atoms with E-state index in [0.717, 1.165) is 12.8 Å². The van der Waals surface area contributed by atoms with Crippen molar-refractivity contribution < 1.29 is 22.7 Å². The van der Waals surface area contributed by atoms with Gasteiger partial charge >= 0.3 is 0 Å². The Morgan fingerprint density at radius 2 is 1.83 bits per heavy atom. The fourth-order valence-electron chi connectivity index (χ4n) is 2.75. The van der Waals surface area contributed by atoms with Crippen LogP contribution in [-0.2, 0) is 14.8 Å². The number of carbonyl (C=O) groups is 1. The van der Waals surface area contributed by atoms with Gasteiger partial charge in [-0.05, 0) is 31.9 Å². The lowest BCUT2D eigenvalue weighted by molar-refractivity contribution is -0.131. The van der Waals surface area contributed by atoms with E-state index in [1.807, 2.05) is 0 Å². The Morgan fingerprint density at radius 1 is 1.17 bits per heavy atom. The highest BCUT2D eigenvalue weighted by atomic mass is 32.2. The van der Waals surface area contributed by atoms with Gasteiger partial charge in [0, 0.05) is 19.2 Å². The molecular formula is C15H20N2O5S. The van der Waals surface area contributed by atoms with Crippen LogP contribution in [0.1, 0.15) is 19.8 Å². The number of fused-ring (bicyclic) bond motifs is 1. The number of sulfonamides is 1. The van der Waals surface area contributed by atoms with Gasteiger partial charge < -0.3 is 14.4 Å². The average Bonchev–Trinajstić information content (AvgIpc) is 3.07. The molecule has 0 aromatic heterocycles. The van der Waals surface area contributed by atoms with E-state index in [-0.39, 0.29) is 10.8 Å². The quantitative estimate of drug-likeness (QED) is 0.874. The molecule has 1 aromatic carbocycles. The molecule has 7 nitrogen and oxygen atoms in total. The molecule has 1 fully saturated rings. The minimum Gasteiger partial charge on any atom is -0.486 e. The molecule has 1 amide bonds. The SMILES string of the molecule is C[C@@H](NS(=O)(=O)c1ccc2c(c1)OCCO2)C(=O)N1CCCC1. The van der Waals surface area contributed by atoms with E-state index in [4.69, 9.17) is 9.47 Å². The molecular weight excluding hydrogens is 320 g/mol. The molecule has 1 aromatic rings. The summed E-state index contributed by atoms with van der Waals surface area (Å²) in [6, 6.07) is 3.63. The first-order valence-electron chi connectivity index (χ1n) is 7.68. The lowest BCUT2D eigenvalue weighted by Gasteiger charge is -2.22. The molecule has 0 aliphatic carbocycles. The van der Waals surface area contributed by atoms with Crippen molar-refractivity contribution in [3.63, 3.8) is 0 Å². The largest absolute Gasteiger partial charge is 0.486 e. The van der Waals surface area contributed by atoms with Crippen LogP contribution in [0.4, 0.5) is 0 Å². The summed E-state index contributed by atoms with van der Waals surface area (Å²) in [4.78, 5) is 14.0. The van der Waals surface area contributed by atoms with Crippen molar-refractivity contribution >= 4 is 15.9 Å². The molecule has 0 spiro atoms. The fraction of sp³-hybridized carbons (Fsp3) is 0.533. The van der Waals surface area contributed by atoms with Gasteiger partial charge in [-0.25, -0.2) is 8.42 Å². The van der Waals surface area contributed by atoms with Crippen LogP contribution in [0.3, 0.4) is 0 Å². The maximum absolute atomic E-state index is 12.5. The summed E-state index contributed by atoms with van der Waals surface area (Å²) in [7, 11) is -3.80. The second-order valence-electron chi connectivity index (χ2n) is 5.68. The molecule has 2 aliphatic heterocycles. The first-order valence-corrected chi connectivity index (χ1v) is 9.16. The van der Waals surface area contributed by atoms with Crippen LogP contribution >= 0.6 is 0 Å². The van der Waals surface area contributed by atoms with Crippen molar-refractivity contribution in [1.82, 2.24) is 9.62 Å². The fourth-order valence-corrected chi connectivity index (χ4v) is 3.97. The van der Waals surface area contributed by atoms with Gasteiger partial charge in [-0.2, -0.15) is 4.72 Å². The Hall–Kier alpha value is -1.80. The number of rotatable bonds is 4. The van der Waals surface area contributed by atoms with Crippen molar-refractivity contribution in [3.8, 4) is 11.5 Å². The van der Waals surface area contributed by atoms with Gasteiger partial charge in [0.25, 0.3) is 0 Å². The molecule has 0 saturated carbocycles.